The van der Waals surface area contributed by atoms with Crippen molar-refractivity contribution >= 4 is 11.8 Å². The first-order valence-corrected chi connectivity index (χ1v) is 5.43. The fourth-order valence-electron chi connectivity index (χ4n) is 1.11. The highest BCUT2D eigenvalue weighted by atomic mass is 16.3. The summed E-state index contributed by atoms with van der Waals surface area (Å²) in [5.74, 6) is 1.63. The third-order valence-corrected chi connectivity index (χ3v) is 2.30. The van der Waals surface area contributed by atoms with Crippen molar-refractivity contribution in [2.75, 3.05) is 30.9 Å². The van der Waals surface area contributed by atoms with Crippen molar-refractivity contribution < 1.29 is 5.11 Å². The lowest BCUT2D eigenvalue weighted by Gasteiger charge is -2.16. The van der Waals surface area contributed by atoms with E-state index in [9.17, 15) is 5.11 Å². The number of aliphatic hydroxyl groups excluding tert-OH is 1. The number of nitrogens with one attached hydrogen (secondary N) is 1. The number of aromatic nitrogens is 2. The van der Waals surface area contributed by atoms with E-state index in [1.807, 2.05) is 32.8 Å². The standard InChI is InChI=1S/C11H20N4O/c1-8(2)9(16)7-13-10-5-6-12-11(14-10)15(3)4/h5-6,8-9,16H,7H2,1-4H3,(H,12,13,14). The Bertz CT molecular complexity index is 328. The highest BCUT2D eigenvalue weighted by Crippen LogP contribution is 2.09. The molecule has 0 aliphatic rings. The summed E-state index contributed by atoms with van der Waals surface area (Å²) in [6, 6.07) is 1.79. The van der Waals surface area contributed by atoms with Gasteiger partial charge in [0.1, 0.15) is 5.82 Å². The van der Waals surface area contributed by atoms with Gasteiger partial charge in [-0.3, -0.25) is 0 Å². The van der Waals surface area contributed by atoms with Crippen LogP contribution in [0.25, 0.3) is 0 Å². The molecule has 90 valence electrons. The quantitative estimate of drug-likeness (QED) is 0.780. The van der Waals surface area contributed by atoms with E-state index in [0.29, 0.717) is 12.5 Å². The average molecular weight is 224 g/mol. The van der Waals surface area contributed by atoms with Crippen LogP contribution in [0.3, 0.4) is 0 Å². The second-order valence-corrected chi connectivity index (χ2v) is 4.33. The van der Waals surface area contributed by atoms with Crippen LogP contribution in [0.4, 0.5) is 11.8 Å². The van der Waals surface area contributed by atoms with Gasteiger partial charge in [0, 0.05) is 26.8 Å². The van der Waals surface area contributed by atoms with Crippen LogP contribution in [0.5, 0.6) is 0 Å². The number of aliphatic hydroxyl groups is 1. The Balaban J connectivity index is 2.57. The molecule has 0 aliphatic heterocycles. The van der Waals surface area contributed by atoms with Gasteiger partial charge in [-0.05, 0) is 12.0 Å². The molecule has 1 aromatic rings. The molecule has 16 heavy (non-hydrogen) atoms. The van der Waals surface area contributed by atoms with Crippen molar-refractivity contribution in [1.82, 2.24) is 9.97 Å². The van der Waals surface area contributed by atoms with Gasteiger partial charge in [-0.15, -0.1) is 0 Å². The van der Waals surface area contributed by atoms with Crippen LogP contribution in [0.1, 0.15) is 13.8 Å². The van der Waals surface area contributed by atoms with Gasteiger partial charge in [-0.25, -0.2) is 4.98 Å². The Kier molecular flexibility index (Phi) is 4.49. The molecule has 0 saturated carbocycles. The lowest BCUT2D eigenvalue weighted by Crippen LogP contribution is -2.25. The van der Waals surface area contributed by atoms with Gasteiger partial charge in [-0.2, -0.15) is 4.98 Å². The summed E-state index contributed by atoms with van der Waals surface area (Å²) in [6.07, 6.45) is 1.34. The van der Waals surface area contributed by atoms with Gasteiger partial charge < -0.3 is 15.3 Å². The molecule has 1 atom stereocenters. The Morgan fingerprint density at radius 3 is 2.69 bits per heavy atom. The molecule has 1 unspecified atom stereocenters. The maximum absolute atomic E-state index is 9.65. The SMILES string of the molecule is CC(C)C(O)CNc1ccnc(N(C)C)n1. The topological polar surface area (TPSA) is 61.3 Å². The number of anilines is 2. The van der Waals surface area contributed by atoms with E-state index in [4.69, 9.17) is 0 Å². The molecule has 0 aliphatic carbocycles. The highest BCUT2D eigenvalue weighted by Gasteiger charge is 2.09. The molecule has 1 heterocycles. The number of hydrogen-bond donors (Lipinski definition) is 2. The zero-order valence-corrected chi connectivity index (χ0v) is 10.3. The van der Waals surface area contributed by atoms with Gasteiger partial charge in [0.25, 0.3) is 0 Å². The molecule has 0 radical (unpaired) electrons. The number of hydrogen-bond acceptors (Lipinski definition) is 5. The third-order valence-electron chi connectivity index (χ3n) is 2.30. The van der Waals surface area contributed by atoms with E-state index >= 15 is 0 Å². The zero-order valence-electron chi connectivity index (χ0n) is 10.3. The first kappa shape index (κ1) is 12.7. The smallest absolute Gasteiger partial charge is 0.226 e. The van der Waals surface area contributed by atoms with E-state index in [-0.39, 0.29) is 12.0 Å². The van der Waals surface area contributed by atoms with Gasteiger partial charge in [0.05, 0.1) is 6.10 Å². The lowest BCUT2D eigenvalue weighted by atomic mass is 10.1. The largest absolute Gasteiger partial charge is 0.391 e. The normalized spacial score (nSPS) is 12.6. The summed E-state index contributed by atoms with van der Waals surface area (Å²) in [7, 11) is 3.78. The third kappa shape index (κ3) is 3.66. The fourth-order valence-corrected chi connectivity index (χ4v) is 1.11. The molecule has 0 bridgehead atoms. The van der Waals surface area contributed by atoms with Gasteiger partial charge in [0.2, 0.25) is 5.95 Å². The van der Waals surface area contributed by atoms with Crippen LogP contribution >= 0.6 is 0 Å². The van der Waals surface area contributed by atoms with E-state index in [0.717, 1.165) is 5.82 Å². The van der Waals surface area contributed by atoms with Crippen molar-refractivity contribution in [3.63, 3.8) is 0 Å². The van der Waals surface area contributed by atoms with Crippen LogP contribution in [0.2, 0.25) is 0 Å². The minimum atomic E-state index is -0.363. The Morgan fingerprint density at radius 1 is 1.44 bits per heavy atom. The molecular weight excluding hydrogens is 204 g/mol. The van der Waals surface area contributed by atoms with Gasteiger partial charge in [-0.1, -0.05) is 13.8 Å². The number of rotatable bonds is 5. The maximum atomic E-state index is 9.65. The lowest BCUT2D eigenvalue weighted by molar-refractivity contribution is 0.138. The molecule has 2 N–H and O–H groups in total. The van der Waals surface area contributed by atoms with Crippen LogP contribution < -0.4 is 10.2 Å². The second-order valence-electron chi connectivity index (χ2n) is 4.33. The molecule has 0 saturated heterocycles. The van der Waals surface area contributed by atoms with E-state index in [1.165, 1.54) is 0 Å². The van der Waals surface area contributed by atoms with Gasteiger partial charge >= 0.3 is 0 Å². The molecule has 1 aromatic heterocycles. The van der Waals surface area contributed by atoms with Crippen LogP contribution in [0, 0.1) is 5.92 Å². The molecule has 1 rings (SSSR count). The predicted molar refractivity (Wildman–Crippen MR) is 65.7 cm³/mol. The Hall–Kier alpha value is -1.36. The summed E-state index contributed by atoms with van der Waals surface area (Å²) < 4.78 is 0. The van der Waals surface area contributed by atoms with Crippen LogP contribution in [0.15, 0.2) is 12.3 Å². The van der Waals surface area contributed by atoms with Crippen molar-refractivity contribution in [3.8, 4) is 0 Å². The zero-order chi connectivity index (χ0) is 12.1. The molecule has 0 fully saturated rings. The van der Waals surface area contributed by atoms with Crippen LogP contribution in [-0.2, 0) is 0 Å². The summed E-state index contributed by atoms with van der Waals surface area (Å²) in [4.78, 5) is 10.2. The predicted octanol–water partition coefficient (Wildman–Crippen LogP) is 0.971. The van der Waals surface area contributed by atoms with E-state index < -0.39 is 0 Å². The molecule has 0 aromatic carbocycles. The average Bonchev–Trinajstić information content (AvgIpc) is 2.26. The second kappa shape index (κ2) is 5.65. The van der Waals surface area contributed by atoms with E-state index in [1.54, 1.807) is 12.3 Å². The van der Waals surface area contributed by atoms with Crippen molar-refractivity contribution in [3.05, 3.63) is 12.3 Å². The van der Waals surface area contributed by atoms with Crippen molar-refractivity contribution in [2.45, 2.75) is 20.0 Å². The summed E-state index contributed by atoms with van der Waals surface area (Å²) >= 11 is 0. The van der Waals surface area contributed by atoms with E-state index in [2.05, 4.69) is 15.3 Å². The highest BCUT2D eigenvalue weighted by molar-refractivity contribution is 5.40. The minimum absolute atomic E-state index is 0.239. The minimum Gasteiger partial charge on any atom is -0.391 e. The van der Waals surface area contributed by atoms with Crippen molar-refractivity contribution in [2.24, 2.45) is 5.92 Å². The molecule has 5 nitrogen and oxygen atoms in total. The molecule has 0 amide bonds. The summed E-state index contributed by atoms with van der Waals surface area (Å²) in [5.41, 5.74) is 0. The summed E-state index contributed by atoms with van der Waals surface area (Å²) in [6.45, 7) is 4.47. The maximum Gasteiger partial charge on any atom is 0.226 e. The fraction of sp³-hybridized carbons (Fsp3) is 0.636. The monoisotopic (exact) mass is 224 g/mol. The molecular formula is C11H20N4O. The first-order valence-electron chi connectivity index (χ1n) is 5.43. The summed E-state index contributed by atoms with van der Waals surface area (Å²) in [5, 5.41) is 12.7. The molecule has 0 spiro atoms. The first-order chi connectivity index (χ1) is 7.50. The van der Waals surface area contributed by atoms with Crippen molar-refractivity contribution in [1.29, 1.82) is 0 Å². The number of nitrogens with zero attached hydrogens (tertiary/aromatic N) is 3. The van der Waals surface area contributed by atoms with Crippen LogP contribution in [-0.4, -0.2) is 41.8 Å². The Labute approximate surface area is 96.5 Å². The Morgan fingerprint density at radius 2 is 2.12 bits per heavy atom. The molecule has 5 heteroatoms. The van der Waals surface area contributed by atoms with Gasteiger partial charge in [0.15, 0.2) is 0 Å².